The molecule has 0 bridgehead atoms. The molecule has 1 aliphatic heterocycles. The maximum atomic E-state index is 12.5. The van der Waals surface area contributed by atoms with Crippen molar-refractivity contribution in [2.24, 2.45) is 0 Å². The SMILES string of the molecule is CN1CCC[C@H]1CNC(=O)C1(c2cccc(Cl)c2)CC1. The van der Waals surface area contributed by atoms with Crippen molar-refractivity contribution in [2.75, 3.05) is 20.1 Å². The van der Waals surface area contributed by atoms with Crippen molar-refractivity contribution in [3.05, 3.63) is 34.9 Å². The third kappa shape index (κ3) is 2.57. The average Bonchev–Trinajstić information content (AvgIpc) is 3.15. The highest BCUT2D eigenvalue weighted by molar-refractivity contribution is 6.30. The maximum absolute atomic E-state index is 12.5. The van der Waals surface area contributed by atoms with E-state index in [-0.39, 0.29) is 11.3 Å². The Kier molecular flexibility index (Phi) is 3.74. The Morgan fingerprint density at radius 3 is 2.90 bits per heavy atom. The van der Waals surface area contributed by atoms with Crippen molar-refractivity contribution < 1.29 is 4.79 Å². The Labute approximate surface area is 125 Å². The summed E-state index contributed by atoms with van der Waals surface area (Å²) in [5.74, 6) is 0.167. The first-order valence-corrected chi connectivity index (χ1v) is 7.74. The number of likely N-dealkylation sites (tertiary alicyclic amines) is 1. The highest BCUT2D eigenvalue weighted by Gasteiger charge is 2.51. The Bertz CT molecular complexity index is 513. The molecule has 1 aliphatic carbocycles. The number of halogens is 1. The molecule has 108 valence electrons. The van der Waals surface area contributed by atoms with Crippen molar-refractivity contribution in [3.63, 3.8) is 0 Å². The summed E-state index contributed by atoms with van der Waals surface area (Å²) in [4.78, 5) is 14.9. The van der Waals surface area contributed by atoms with Crippen LogP contribution in [0.3, 0.4) is 0 Å². The zero-order chi connectivity index (χ0) is 14.2. The molecule has 1 aromatic rings. The van der Waals surface area contributed by atoms with Crippen LogP contribution < -0.4 is 5.32 Å². The van der Waals surface area contributed by atoms with Crippen LogP contribution >= 0.6 is 11.6 Å². The second kappa shape index (κ2) is 5.38. The van der Waals surface area contributed by atoms with Crippen molar-refractivity contribution >= 4 is 17.5 Å². The molecule has 20 heavy (non-hydrogen) atoms. The van der Waals surface area contributed by atoms with Crippen LogP contribution in [0, 0.1) is 0 Å². The van der Waals surface area contributed by atoms with Crippen LogP contribution in [0.4, 0.5) is 0 Å². The minimum absolute atomic E-state index is 0.167. The number of hydrogen-bond acceptors (Lipinski definition) is 2. The van der Waals surface area contributed by atoms with E-state index in [0.29, 0.717) is 11.1 Å². The van der Waals surface area contributed by atoms with Gasteiger partial charge in [0.05, 0.1) is 5.41 Å². The molecule has 0 unspecified atom stereocenters. The van der Waals surface area contributed by atoms with Gasteiger partial charge in [-0.05, 0) is 57.0 Å². The molecule has 0 radical (unpaired) electrons. The van der Waals surface area contributed by atoms with Crippen molar-refractivity contribution in [1.82, 2.24) is 10.2 Å². The average molecular weight is 293 g/mol. The van der Waals surface area contributed by atoms with Gasteiger partial charge in [0.2, 0.25) is 5.91 Å². The number of nitrogens with one attached hydrogen (secondary N) is 1. The molecule has 1 atom stereocenters. The fourth-order valence-corrected chi connectivity index (χ4v) is 3.37. The molecule has 3 nitrogen and oxygen atoms in total. The summed E-state index contributed by atoms with van der Waals surface area (Å²) in [5, 5.41) is 3.86. The standard InChI is InChI=1S/C16H21ClN2O/c1-19-9-3-6-14(19)11-18-15(20)16(7-8-16)12-4-2-5-13(17)10-12/h2,4-5,10,14H,3,6-9,11H2,1H3,(H,18,20)/t14-/m0/s1. The summed E-state index contributed by atoms with van der Waals surface area (Å²) in [6, 6.07) is 8.22. The van der Waals surface area contributed by atoms with E-state index in [1.54, 1.807) is 0 Å². The van der Waals surface area contributed by atoms with Crippen LogP contribution in [0.15, 0.2) is 24.3 Å². The van der Waals surface area contributed by atoms with Crippen LogP contribution in [0.1, 0.15) is 31.2 Å². The van der Waals surface area contributed by atoms with Crippen molar-refractivity contribution in [1.29, 1.82) is 0 Å². The van der Waals surface area contributed by atoms with E-state index in [2.05, 4.69) is 17.3 Å². The second-order valence-electron chi connectivity index (χ2n) is 6.08. The molecule has 2 fully saturated rings. The fraction of sp³-hybridized carbons (Fsp3) is 0.562. The molecule has 1 aromatic carbocycles. The molecule has 1 heterocycles. The number of rotatable bonds is 4. The molecule has 0 aromatic heterocycles. The zero-order valence-corrected chi connectivity index (χ0v) is 12.6. The minimum atomic E-state index is -0.317. The van der Waals surface area contributed by atoms with Crippen molar-refractivity contribution in [3.8, 4) is 0 Å². The molecule has 1 saturated heterocycles. The summed E-state index contributed by atoms with van der Waals surface area (Å²) < 4.78 is 0. The highest BCUT2D eigenvalue weighted by Crippen LogP contribution is 2.48. The fourth-order valence-electron chi connectivity index (χ4n) is 3.17. The van der Waals surface area contributed by atoms with Crippen molar-refractivity contribution in [2.45, 2.75) is 37.1 Å². The third-order valence-corrected chi connectivity index (χ3v) is 4.97. The van der Waals surface area contributed by atoms with E-state index in [1.807, 2.05) is 24.3 Å². The van der Waals surface area contributed by atoms with Gasteiger partial charge in [-0.25, -0.2) is 0 Å². The summed E-state index contributed by atoms with van der Waals surface area (Å²) >= 11 is 6.04. The lowest BCUT2D eigenvalue weighted by Gasteiger charge is -2.22. The summed E-state index contributed by atoms with van der Waals surface area (Å²) in [6.07, 6.45) is 4.27. The maximum Gasteiger partial charge on any atom is 0.230 e. The van der Waals surface area contributed by atoms with E-state index in [9.17, 15) is 4.79 Å². The molecular formula is C16H21ClN2O. The quantitative estimate of drug-likeness (QED) is 0.925. The number of likely N-dealkylation sites (N-methyl/N-ethyl adjacent to an activating group) is 1. The first-order chi connectivity index (χ1) is 9.62. The lowest BCUT2D eigenvalue weighted by atomic mass is 9.95. The van der Waals surface area contributed by atoms with Gasteiger partial charge in [0, 0.05) is 17.6 Å². The molecular weight excluding hydrogens is 272 g/mol. The third-order valence-electron chi connectivity index (χ3n) is 4.73. The molecule has 4 heteroatoms. The smallest absolute Gasteiger partial charge is 0.230 e. The molecule has 1 saturated carbocycles. The van der Waals surface area contributed by atoms with Crippen LogP contribution in [-0.4, -0.2) is 37.0 Å². The van der Waals surface area contributed by atoms with Gasteiger partial charge in [-0.2, -0.15) is 0 Å². The van der Waals surface area contributed by atoms with Crippen LogP contribution in [0.25, 0.3) is 0 Å². The van der Waals surface area contributed by atoms with Gasteiger partial charge in [0.1, 0.15) is 0 Å². The lowest BCUT2D eigenvalue weighted by molar-refractivity contribution is -0.123. The lowest BCUT2D eigenvalue weighted by Crippen LogP contribution is -2.42. The van der Waals surface area contributed by atoms with E-state index >= 15 is 0 Å². The first-order valence-electron chi connectivity index (χ1n) is 7.36. The summed E-state index contributed by atoms with van der Waals surface area (Å²) in [7, 11) is 2.13. The topological polar surface area (TPSA) is 32.3 Å². The van der Waals surface area contributed by atoms with E-state index in [1.165, 1.54) is 12.8 Å². The van der Waals surface area contributed by atoms with E-state index < -0.39 is 0 Å². The number of nitrogens with zero attached hydrogens (tertiary/aromatic N) is 1. The Morgan fingerprint density at radius 1 is 1.50 bits per heavy atom. The Morgan fingerprint density at radius 2 is 2.30 bits per heavy atom. The summed E-state index contributed by atoms with van der Waals surface area (Å²) in [6.45, 7) is 1.90. The predicted molar refractivity (Wildman–Crippen MR) is 81.0 cm³/mol. The van der Waals surface area contributed by atoms with Gasteiger partial charge >= 0.3 is 0 Å². The second-order valence-corrected chi connectivity index (χ2v) is 6.52. The minimum Gasteiger partial charge on any atom is -0.354 e. The number of carbonyl (C=O) groups excluding carboxylic acids is 1. The molecule has 3 rings (SSSR count). The van der Waals surface area contributed by atoms with Gasteiger partial charge < -0.3 is 10.2 Å². The van der Waals surface area contributed by atoms with Gasteiger partial charge in [-0.3, -0.25) is 4.79 Å². The van der Waals surface area contributed by atoms with E-state index in [4.69, 9.17) is 11.6 Å². The van der Waals surface area contributed by atoms with E-state index in [0.717, 1.165) is 31.5 Å². The molecule has 1 N–H and O–H groups in total. The normalized spacial score (nSPS) is 24.6. The number of amides is 1. The number of benzene rings is 1. The number of hydrogen-bond donors (Lipinski definition) is 1. The largest absolute Gasteiger partial charge is 0.354 e. The van der Waals surface area contributed by atoms with Gasteiger partial charge in [-0.1, -0.05) is 23.7 Å². The van der Waals surface area contributed by atoms with Gasteiger partial charge in [-0.15, -0.1) is 0 Å². The zero-order valence-electron chi connectivity index (χ0n) is 11.9. The van der Waals surface area contributed by atoms with Crippen LogP contribution in [0.5, 0.6) is 0 Å². The molecule has 2 aliphatic rings. The van der Waals surface area contributed by atoms with Crippen LogP contribution in [-0.2, 0) is 10.2 Å². The first kappa shape index (κ1) is 13.9. The van der Waals surface area contributed by atoms with Gasteiger partial charge in [0.15, 0.2) is 0 Å². The molecule has 1 amide bonds. The summed E-state index contributed by atoms with van der Waals surface area (Å²) in [5.41, 5.74) is 0.740. The Hall–Kier alpha value is -1.06. The number of carbonyl (C=O) groups is 1. The highest BCUT2D eigenvalue weighted by atomic mass is 35.5. The monoisotopic (exact) mass is 292 g/mol. The predicted octanol–water partition coefficient (Wildman–Crippen LogP) is 2.58. The Balaban J connectivity index is 1.64. The van der Waals surface area contributed by atoms with Crippen LogP contribution in [0.2, 0.25) is 5.02 Å². The van der Waals surface area contributed by atoms with Gasteiger partial charge in [0.25, 0.3) is 0 Å². The molecule has 0 spiro atoms.